The first-order chi connectivity index (χ1) is 24.0. The molecule has 5 heterocycles. The van der Waals surface area contributed by atoms with E-state index >= 15 is 0 Å². The van der Waals surface area contributed by atoms with Crippen LogP contribution in [0.2, 0.25) is 0 Å². The molecule has 0 N–H and O–H groups in total. The lowest BCUT2D eigenvalue weighted by Gasteiger charge is -2.38. The van der Waals surface area contributed by atoms with Crippen LogP contribution in [0, 0.1) is 41.2 Å². The second-order valence-corrected chi connectivity index (χ2v) is 18.8. The third kappa shape index (κ3) is 4.58. The predicted octanol–water partition coefficient (Wildman–Crippen LogP) is 13.6. The molecule has 238 valence electrons. The number of hydrogen-bond acceptors (Lipinski definition) is 7. The highest BCUT2D eigenvalue weighted by Gasteiger charge is 2.57. The molecule has 0 saturated heterocycles. The molecule has 0 amide bonds. The fourth-order valence-electron chi connectivity index (χ4n) is 8.96. The van der Waals surface area contributed by atoms with Gasteiger partial charge >= 0.3 is 0 Å². The molecule has 9 heteroatoms. The Morgan fingerprint density at radius 3 is 1.92 bits per heavy atom. The van der Waals surface area contributed by atoms with Gasteiger partial charge in [-0.25, -0.2) is 20.2 Å². The van der Waals surface area contributed by atoms with E-state index in [1.54, 1.807) is 56.4 Å². The molecule has 5 aromatic heterocycles. The van der Waals surface area contributed by atoms with Crippen molar-refractivity contribution < 1.29 is 0 Å². The van der Waals surface area contributed by atoms with Crippen LogP contribution in [0.4, 0.5) is 0 Å². The van der Waals surface area contributed by atoms with Crippen LogP contribution in [0.1, 0.15) is 89.3 Å². The average molecular weight is 725 g/mol. The minimum Gasteiger partial charge on any atom is -0.227 e. The second kappa shape index (κ2) is 11.8. The van der Waals surface area contributed by atoms with Crippen LogP contribution in [0.3, 0.4) is 0 Å². The minimum absolute atomic E-state index is 0.0220. The Morgan fingerprint density at radius 2 is 1.29 bits per heavy atom. The average Bonchev–Trinajstić information content (AvgIpc) is 3.98. The Bertz CT molecular complexity index is 2480. The number of fused-ring (bicyclic) bond motifs is 9. The van der Waals surface area contributed by atoms with Crippen molar-refractivity contribution in [2.24, 2.45) is 5.41 Å². The van der Waals surface area contributed by atoms with Crippen LogP contribution in [-0.4, -0.2) is 0 Å². The molecule has 0 aromatic carbocycles. The van der Waals surface area contributed by atoms with Gasteiger partial charge in [-0.15, -0.1) is 56.7 Å². The van der Waals surface area contributed by atoms with Crippen LogP contribution >= 0.6 is 56.7 Å². The lowest BCUT2D eigenvalue weighted by atomic mass is 9.66. The molecule has 0 bridgehead atoms. The summed E-state index contributed by atoms with van der Waals surface area (Å²) in [7, 11) is 0. The molecule has 49 heavy (non-hydrogen) atoms. The van der Waals surface area contributed by atoms with E-state index in [1.165, 1.54) is 103 Å². The van der Waals surface area contributed by atoms with E-state index in [1.807, 2.05) is 40.9 Å². The van der Waals surface area contributed by atoms with Gasteiger partial charge in [0.2, 0.25) is 0 Å². The van der Waals surface area contributed by atoms with Gasteiger partial charge in [-0.3, -0.25) is 0 Å². The van der Waals surface area contributed by atoms with Crippen LogP contribution < -0.4 is 0 Å². The number of thiophene rings is 5. The quantitative estimate of drug-likeness (QED) is 0.137. The third-order valence-electron chi connectivity index (χ3n) is 11.0. The molecule has 2 spiro atoms. The van der Waals surface area contributed by atoms with E-state index in [-0.39, 0.29) is 22.2 Å². The Balaban J connectivity index is 1.18. The van der Waals surface area contributed by atoms with E-state index < -0.39 is 0 Å². The molecule has 0 aliphatic heterocycles. The fourth-order valence-corrected chi connectivity index (χ4v) is 15.7. The van der Waals surface area contributed by atoms with Crippen molar-refractivity contribution in [2.75, 3.05) is 0 Å². The highest BCUT2D eigenvalue weighted by Crippen LogP contribution is 2.72. The zero-order valence-electron chi connectivity index (χ0n) is 26.5. The SMILES string of the molecule is [C-]#[N+]/C(C#N)=C\c1ccc(-c2cc3sc4c5c(sc4c3s2)C2=C(C=C(c3ccc(/C=C(\C#N)[N+]#[C-])s3)C23CCCCC3)C52CCCCC2)s1. The number of rotatable bonds is 4. The lowest BCUT2D eigenvalue weighted by molar-refractivity contribution is 0.348. The molecular formula is C40H28N4S5. The molecular weight excluding hydrogens is 697 g/mol. The van der Waals surface area contributed by atoms with Crippen molar-refractivity contribution in [1.82, 2.24) is 0 Å². The zero-order valence-corrected chi connectivity index (χ0v) is 30.6. The van der Waals surface area contributed by atoms with E-state index in [0.717, 1.165) is 9.75 Å². The molecule has 9 rings (SSSR count). The summed E-state index contributed by atoms with van der Waals surface area (Å²) in [4.78, 5) is 13.9. The zero-order chi connectivity index (χ0) is 33.3. The largest absolute Gasteiger partial charge is 0.263 e. The van der Waals surface area contributed by atoms with Gasteiger partial charge in [0.05, 0.1) is 39.4 Å². The summed E-state index contributed by atoms with van der Waals surface area (Å²) >= 11 is 9.32. The van der Waals surface area contributed by atoms with Gasteiger partial charge < -0.3 is 0 Å². The van der Waals surface area contributed by atoms with Crippen LogP contribution in [-0.2, 0) is 5.41 Å². The Kier molecular flexibility index (Phi) is 7.44. The monoisotopic (exact) mass is 724 g/mol. The summed E-state index contributed by atoms with van der Waals surface area (Å²) in [6.45, 7) is 14.6. The fraction of sp³-hybridized carbons (Fsp3) is 0.300. The maximum absolute atomic E-state index is 9.40. The third-order valence-corrected chi connectivity index (χ3v) is 17.2. The molecule has 0 radical (unpaired) electrons. The second-order valence-electron chi connectivity index (χ2n) is 13.4. The van der Waals surface area contributed by atoms with Crippen molar-refractivity contribution in [3.63, 3.8) is 0 Å². The summed E-state index contributed by atoms with van der Waals surface area (Å²) in [6.07, 6.45) is 18.5. The maximum Gasteiger partial charge on any atom is 0.263 e. The van der Waals surface area contributed by atoms with Crippen molar-refractivity contribution >= 4 is 98.8 Å². The lowest BCUT2D eigenvalue weighted by Crippen LogP contribution is -2.28. The Labute approximate surface area is 305 Å². The van der Waals surface area contributed by atoms with Crippen molar-refractivity contribution in [1.29, 1.82) is 10.5 Å². The van der Waals surface area contributed by atoms with E-state index in [9.17, 15) is 10.5 Å². The van der Waals surface area contributed by atoms with E-state index in [4.69, 9.17) is 13.1 Å². The van der Waals surface area contributed by atoms with Gasteiger partial charge in [-0.2, -0.15) is 0 Å². The van der Waals surface area contributed by atoms with Crippen molar-refractivity contribution in [2.45, 2.75) is 69.6 Å². The first-order valence-corrected chi connectivity index (χ1v) is 20.8. The molecule has 2 fully saturated rings. The highest BCUT2D eigenvalue weighted by atomic mass is 32.1. The molecule has 2 saturated carbocycles. The normalized spacial score (nSPS) is 19.6. The maximum atomic E-state index is 9.40. The number of allylic oxidation sites excluding steroid dienone is 6. The highest BCUT2D eigenvalue weighted by molar-refractivity contribution is 7.40. The Hall–Kier alpha value is -4.06. The number of hydrogen-bond donors (Lipinski definition) is 0. The summed E-state index contributed by atoms with van der Waals surface area (Å²) in [5.41, 5.74) is 6.74. The molecule has 0 unspecified atom stereocenters. The summed E-state index contributed by atoms with van der Waals surface area (Å²) in [5.74, 6) is 0. The van der Waals surface area contributed by atoms with Crippen LogP contribution in [0.15, 0.2) is 53.4 Å². The Morgan fingerprint density at radius 1 is 0.673 bits per heavy atom. The summed E-state index contributed by atoms with van der Waals surface area (Å²) < 4.78 is 5.74. The molecule has 0 atom stereocenters. The van der Waals surface area contributed by atoms with E-state index in [2.05, 4.69) is 51.4 Å². The molecule has 4 aliphatic rings. The number of nitrogens with zero attached hydrogens (tertiary/aromatic N) is 4. The molecule has 4 nitrogen and oxygen atoms in total. The van der Waals surface area contributed by atoms with E-state index in [0.29, 0.717) is 0 Å². The van der Waals surface area contributed by atoms with Crippen molar-refractivity contribution in [3.8, 4) is 21.9 Å². The van der Waals surface area contributed by atoms with Crippen molar-refractivity contribution in [3.05, 3.63) is 101 Å². The van der Waals surface area contributed by atoms with Gasteiger partial charge in [0.15, 0.2) is 0 Å². The van der Waals surface area contributed by atoms with Crippen LogP contribution in [0.25, 0.3) is 61.5 Å². The van der Waals surface area contributed by atoms with Gasteiger partial charge in [0, 0.05) is 44.8 Å². The predicted molar refractivity (Wildman–Crippen MR) is 208 cm³/mol. The first-order valence-electron chi connectivity index (χ1n) is 16.7. The molecule has 4 aliphatic carbocycles. The van der Waals surface area contributed by atoms with Gasteiger partial charge in [-0.1, -0.05) is 44.6 Å². The minimum atomic E-state index is 0.0220. The number of nitriles is 2. The smallest absolute Gasteiger partial charge is 0.227 e. The van der Waals surface area contributed by atoms with Gasteiger partial charge in [0.1, 0.15) is 0 Å². The summed E-state index contributed by atoms with van der Waals surface area (Å²) in [5, 5.41) is 18.6. The van der Waals surface area contributed by atoms with Gasteiger partial charge in [0.25, 0.3) is 11.4 Å². The van der Waals surface area contributed by atoms with Crippen LogP contribution in [0.5, 0.6) is 0 Å². The van der Waals surface area contributed by atoms with Gasteiger partial charge in [-0.05, 0) is 90.4 Å². The standard InChI is InChI=1S/C40H28N4S5/c1-43-23(21-41)17-25-9-11-29(45-25)27-19-28-33(39(27)13-5-3-6-14-39)36-34(40(28)15-7-4-8-16-40)37-38(49-36)35-32(48-37)20-31(47-35)30-12-10-26(46-30)18-24(22-42)44-2/h9-12,17-20H,3-8,13-16H2/b23-17+,24-18-. The topological polar surface area (TPSA) is 56.3 Å². The summed E-state index contributed by atoms with van der Waals surface area (Å²) in [6, 6.07) is 14.9. The molecule has 5 aromatic rings. The first kappa shape index (κ1) is 31.0.